The van der Waals surface area contributed by atoms with Crippen LogP contribution in [0.15, 0.2) is 18.2 Å². The molecule has 148 valence electrons. The Hall–Kier alpha value is -3.47. The minimum Gasteiger partial charge on any atom is -0.490 e. The number of anilines is 1. The van der Waals surface area contributed by atoms with Crippen LogP contribution in [-0.2, 0) is 9.47 Å². The van der Waals surface area contributed by atoms with Crippen molar-refractivity contribution in [3.63, 3.8) is 0 Å². The van der Waals surface area contributed by atoms with Gasteiger partial charge in [-0.1, -0.05) is 0 Å². The summed E-state index contributed by atoms with van der Waals surface area (Å²) in [5, 5.41) is 13.7. The first-order chi connectivity index (χ1) is 13.2. The normalized spacial score (nSPS) is 10.1. The first kappa shape index (κ1) is 20.8. The first-order valence-electron chi connectivity index (χ1n) is 7.68. The van der Waals surface area contributed by atoms with E-state index in [1.165, 1.54) is 33.3 Å². The molecule has 0 atom stereocenters. The average Bonchev–Trinajstić information content (AvgIpc) is 3.01. The minimum absolute atomic E-state index is 0.00301. The minimum atomic E-state index is -0.750. The molecule has 11 heteroatoms. The summed E-state index contributed by atoms with van der Waals surface area (Å²) in [6, 6.07) is 3.67. The fourth-order valence-corrected chi connectivity index (χ4v) is 3.49. The molecular weight excluding hydrogens is 392 g/mol. The molecule has 1 aromatic carbocycles. The molecule has 2 aromatic rings. The summed E-state index contributed by atoms with van der Waals surface area (Å²) in [6.07, 6.45) is 0. The van der Waals surface area contributed by atoms with Gasteiger partial charge in [-0.05, 0) is 24.6 Å². The van der Waals surface area contributed by atoms with Gasteiger partial charge in [0.2, 0.25) is 0 Å². The fourth-order valence-electron chi connectivity index (χ4n) is 2.39. The molecule has 0 aliphatic carbocycles. The molecule has 1 amide bonds. The Balaban J connectivity index is 2.46. The summed E-state index contributed by atoms with van der Waals surface area (Å²) in [4.78, 5) is 47.1. The average molecular weight is 408 g/mol. The van der Waals surface area contributed by atoms with Crippen LogP contribution >= 0.6 is 11.3 Å². The molecule has 0 aliphatic heterocycles. The van der Waals surface area contributed by atoms with E-state index >= 15 is 0 Å². The Kier molecular flexibility index (Phi) is 6.31. The second-order valence-electron chi connectivity index (χ2n) is 5.34. The zero-order valence-electron chi connectivity index (χ0n) is 15.4. The molecule has 0 spiro atoms. The Morgan fingerprint density at radius 2 is 1.75 bits per heavy atom. The number of ether oxygens (including phenoxy) is 3. The van der Waals surface area contributed by atoms with E-state index in [1.54, 1.807) is 0 Å². The smallest absolute Gasteiger partial charge is 0.348 e. The van der Waals surface area contributed by atoms with E-state index in [-0.39, 0.29) is 32.4 Å². The molecule has 1 aromatic heterocycles. The largest absolute Gasteiger partial charge is 0.490 e. The number of esters is 2. The number of methoxy groups -OCH3 is 3. The molecule has 2 rings (SSSR count). The zero-order valence-corrected chi connectivity index (χ0v) is 16.2. The van der Waals surface area contributed by atoms with Gasteiger partial charge < -0.3 is 19.5 Å². The highest BCUT2D eigenvalue weighted by Gasteiger charge is 2.27. The maximum Gasteiger partial charge on any atom is 0.348 e. The molecule has 0 unspecified atom stereocenters. The van der Waals surface area contributed by atoms with Gasteiger partial charge in [0, 0.05) is 11.6 Å². The van der Waals surface area contributed by atoms with Crippen LogP contribution in [0.3, 0.4) is 0 Å². The number of thiophene rings is 1. The summed E-state index contributed by atoms with van der Waals surface area (Å²) in [6.45, 7) is 1.52. The number of amides is 1. The molecule has 0 aliphatic rings. The van der Waals surface area contributed by atoms with Crippen LogP contribution in [0.5, 0.6) is 5.75 Å². The molecule has 10 nitrogen and oxygen atoms in total. The standard InChI is InChI=1S/C17H16N2O8S/c1-8-12(16(21)26-3)15(28-13(8)17(22)27-4)18-14(20)9-5-6-11(25-2)10(7-9)19(23)24/h5-7H,1-4H3,(H,18,20). The molecule has 0 fully saturated rings. The molecule has 1 N–H and O–H groups in total. The predicted octanol–water partition coefficient (Wildman–Crippen LogP) is 2.80. The summed E-state index contributed by atoms with van der Waals surface area (Å²) >= 11 is 0.838. The second-order valence-corrected chi connectivity index (χ2v) is 6.36. The van der Waals surface area contributed by atoms with Gasteiger partial charge >= 0.3 is 17.6 Å². The van der Waals surface area contributed by atoms with Gasteiger partial charge in [-0.25, -0.2) is 9.59 Å². The van der Waals surface area contributed by atoms with E-state index in [0.29, 0.717) is 5.56 Å². The molecule has 0 saturated heterocycles. The summed E-state index contributed by atoms with van der Waals surface area (Å²) < 4.78 is 14.3. The zero-order chi connectivity index (χ0) is 21.0. The van der Waals surface area contributed by atoms with Crippen molar-refractivity contribution < 1.29 is 33.5 Å². The van der Waals surface area contributed by atoms with Crippen molar-refractivity contribution >= 4 is 39.9 Å². The number of nitrogens with one attached hydrogen (secondary N) is 1. The molecule has 0 saturated carbocycles. The lowest BCUT2D eigenvalue weighted by Gasteiger charge is -2.07. The molecule has 1 heterocycles. The highest BCUT2D eigenvalue weighted by molar-refractivity contribution is 7.18. The van der Waals surface area contributed by atoms with Crippen molar-refractivity contribution in [1.29, 1.82) is 0 Å². The number of benzene rings is 1. The van der Waals surface area contributed by atoms with Crippen molar-refractivity contribution in [1.82, 2.24) is 0 Å². The highest BCUT2D eigenvalue weighted by atomic mass is 32.1. The van der Waals surface area contributed by atoms with Gasteiger partial charge in [0.05, 0.1) is 31.8 Å². The topological polar surface area (TPSA) is 134 Å². The van der Waals surface area contributed by atoms with Crippen LogP contribution in [0.2, 0.25) is 0 Å². The number of nitro benzene ring substituents is 1. The molecular formula is C17H16N2O8S. The Bertz CT molecular complexity index is 966. The lowest BCUT2D eigenvalue weighted by Crippen LogP contribution is -2.14. The number of rotatable bonds is 6. The lowest BCUT2D eigenvalue weighted by molar-refractivity contribution is -0.385. The van der Waals surface area contributed by atoms with Crippen molar-refractivity contribution in [3.8, 4) is 5.75 Å². The number of hydrogen-bond acceptors (Lipinski definition) is 9. The second kappa shape index (κ2) is 8.48. The quantitative estimate of drug-likeness (QED) is 0.438. The van der Waals surface area contributed by atoms with E-state index in [1.807, 2.05) is 0 Å². The van der Waals surface area contributed by atoms with Gasteiger partial charge in [0.15, 0.2) is 5.75 Å². The summed E-state index contributed by atoms with van der Waals surface area (Å²) in [5.74, 6) is -2.14. The van der Waals surface area contributed by atoms with Gasteiger partial charge in [0.25, 0.3) is 5.91 Å². The number of hydrogen-bond donors (Lipinski definition) is 1. The Morgan fingerprint density at radius 1 is 1.11 bits per heavy atom. The van der Waals surface area contributed by atoms with Crippen molar-refractivity contribution in [2.45, 2.75) is 6.92 Å². The van der Waals surface area contributed by atoms with E-state index in [9.17, 15) is 24.5 Å². The Labute approximate surface area is 163 Å². The van der Waals surface area contributed by atoms with Crippen molar-refractivity contribution in [3.05, 3.63) is 49.9 Å². The molecule has 28 heavy (non-hydrogen) atoms. The third-order valence-electron chi connectivity index (χ3n) is 3.77. The van der Waals surface area contributed by atoms with Crippen LogP contribution in [0.1, 0.15) is 36.0 Å². The SMILES string of the molecule is COC(=O)c1sc(NC(=O)c2ccc(OC)c([N+](=O)[O-])c2)c(C(=O)OC)c1C. The fraction of sp³-hybridized carbons (Fsp3) is 0.235. The van der Waals surface area contributed by atoms with Gasteiger partial charge in [-0.15, -0.1) is 11.3 Å². The van der Waals surface area contributed by atoms with Gasteiger partial charge in [-0.3, -0.25) is 14.9 Å². The predicted molar refractivity (Wildman–Crippen MR) is 99.3 cm³/mol. The van der Waals surface area contributed by atoms with E-state index in [0.717, 1.165) is 24.5 Å². The Morgan fingerprint density at radius 3 is 2.29 bits per heavy atom. The van der Waals surface area contributed by atoms with Crippen LogP contribution in [-0.4, -0.2) is 44.1 Å². The van der Waals surface area contributed by atoms with E-state index < -0.39 is 22.8 Å². The van der Waals surface area contributed by atoms with Gasteiger partial charge in [0.1, 0.15) is 9.88 Å². The molecule has 0 bridgehead atoms. The summed E-state index contributed by atoms with van der Waals surface area (Å²) in [7, 11) is 3.62. The van der Waals surface area contributed by atoms with Crippen LogP contribution in [0, 0.1) is 17.0 Å². The lowest BCUT2D eigenvalue weighted by atomic mass is 10.1. The number of nitro groups is 1. The monoisotopic (exact) mass is 408 g/mol. The number of carbonyl (C=O) groups is 3. The van der Waals surface area contributed by atoms with Gasteiger partial charge in [-0.2, -0.15) is 0 Å². The van der Waals surface area contributed by atoms with Crippen molar-refractivity contribution in [2.24, 2.45) is 0 Å². The number of nitrogens with zero attached hydrogens (tertiary/aromatic N) is 1. The van der Waals surface area contributed by atoms with Crippen LogP contribution in [0.25, 0.3) is 0 Å². The highest BCUT2D eigenvalue weighted by Crippen LogP contribution is 2.35. The number of carbonyl (C=O) groups excluding carboxylic acids is 3. The van der Waals surface area contributed by atoms with Crippen LogP contribution in [0.4, 0.5) is 10.7 Å². The van der Waals surface area contributed by atoms with E-state index in [2.05, 4.69) is 10.1 Å². The maximum absolute atomic E-state index is 12.6. The summed E-state index contributed by atoms with van der Waals surface area (Å²) in [5.41, 5.74) is -0.126. The molecule has 0 radical (unpaired) electrons. The maximum atomic E-state index is 12.6. The first-order valence-corrected chi connectivity index (χ1v) is 8.50. The van der Waals surface area contributed by atoms with E-state index in [4.69, 9.17) is 9.47 Å². The van der Waals surface area contributed by atoms with Crippen molar-refractivity contribution in [2.75, 3.05) is 26.6 Å². The third kappa shape index (κ3) is 3.93. The van der Waals surface area contributed by atoms with Crippen LogP contribution < -0.4 is 10.1 Å². The third-order valence-corrected chi connectivity index (χ3v) is 4.96.